The molecule has 0 atom stereocenters. The minimum atomic E-state index is -0.231. The maximum Gasteiger partial charge on any atom is 0.338 e. The van der Waals surface area contributed by atoms with Gasteiger partial charge < -0.3 is 14.4 Å². The molecule has 1 aromatic rings. The smallest absolute Gasteiger partial charge is 0.338 e. The van der Waals surface area contributed by atoms with Crippen LogP contribution in [0.15, 0.2) is 18.2 Å². The van der Waals surface area contributed by atoms with Gasteiger partial charge in [-0.15, -0.1) is 0 Å². The van der Waals surface area contributed by atoms with E-state index in [1.54, 1.807) is 0 Å². The molecule has 2 aliphatic rings. The molecule has 0 bridgehead atoms. The largest absolute Gasteiger partial charge is 0.465 e. The Kier molecular flexibility index (Phi) is 3.42. The van der Waals surface area contributed by atoms with E-state index in [-0.39, 0.29) is 5.97 Å². The van der Waals surface area contributed by atoms with Crippen LogP contribution < -0.4 is 4.90 Å². The number of hydrogen-bond acceptors (Lipinski definition) is 4. The van der Waals surface area contributed by atoms with Crippen molar-refractivity contribution in [3.05, 3.63) is 29.3 Å². The van der Waals surface area contributed by atoms with Gasteiger partial charge >= 0.3 is 5.97 Å². The second kappa shape index (κ2) is 5.21. The third-order valence-corrected chi connectivity index (χ3v) is 4.10. The maximum absolute atomic E-state index is 11.8. The lowest BCUT2D eigenvalue weighted by atomic mass is 10.0. The average molecular weight is 261 g/mol. The van der Waals surface area contributed by atoms with E-state index in [2.05, 4.69) is 11.0 Å². The SMILES string of the molecule is COC(=O)c1cccc2c1CCN2C1CCOCC1. The molecule has 1 saturated heterocycles. The average Bonchev–Trinajstić information content (AvgIpc) is 2.91. The summed E-state index contributed by atoms with van der Waals surface area (Å²) in [6.07, 6.45) is 3.07. The number of ether oxygens (including phenoxy) is 2. The van der Waals surface area contributed by atoms with Crippen LogP contribution in [0.5, 0.6) is 0 Å². The number of nitrogens with zero attached hydrogens (tertiary/aromatic N) is 1. The molecule has 1 fully saturated rings. The molecule has 4 nitrogen and oxygen atoms in total. The molecule has 0 unspecified atom stereocenters. The highest BCUT2D eigenvalue weighted by molar-refractivity contribution is 5.93. The van der Waals surface area contributed by atoms with E-state index in [9.17, 15) is 4.79 Å². The zero-order valence-electron chi connectivity index (χ0n) is 11.2. The van der Waals surface area contributed by atoms with Crippen LogP contribution in [0.4, 0.5) is 5.69 Å². The lowest BCUT2D eigenvalue weighted by Crippen LogP contribution is -2.38. The second-order valence-corrected chi connectivity index (χ2v) is 5.08. The first-order chi connectivity index (χ1) is 9.31. The van der Waals surface area contributed by atoms with E-state index in [1.807, 2.05) is 12.1 Å². The Balaban J connectivity index is 1.90. The Morgan fingerprint density at radius 1 is 1.37 bits per heavy atom. The van der Waals surface area contributed by atoms with Crippen molar-refractivity contribution in [2.75, 3.05) is 31.8 Å². The first kappa shape index (κ1) is 12.5. The fraction of sp³-hybridized carbons (Fsp3) is 0.533. The summed E-state index contributed by atoms with van der Waals surface area (Å²) < 4.78 is 10.3. The van der Waals surface area contributed by atoms with Gasteiger partial charge in [0.05, 0.1) is 12.7 Å². The molecule has 0 saturated carbocycles. The Hall–Kier alpha value is -1.55. The minimum absolute atomic E-state index is 0.231. The lowest BCUT2D eigenvalue weighted by Gasteiger charge is -2.33. The molecule has 0 aromatic heterocycles. The molecular weight excluding hydrogens is 242 g/mol. The summed E-state index contributed by atoms with van der Waals surface area (Å²) in [4.78, 5) is 14.2. The number of esters is 1. The highest BCUT2D eigenvalue weighted by Gasteiger charge is 2.30. The van der Waals surface area contributed by atoms with Crippen molar-refractivity contribution in [2.45, 2.75) is 25.3 Å². The van der Waals surface area contributed by atoms with Gasteiger partial charge in [-0.1, -0.05) is 6.07 Å². The number of benzene rings is 1. The molecular formula is C15H19NO3. The summed E-state index contributed by atoms with van der Waals surface area (Å²) in [5.74, 6) is -0.231. The number of carbonyl (C=O) groups excluding carboxylic acids is 1. The van der Waals surface area contributed by atoms with Crippen molar-refractivity contribution in [1.82, 2.24) is 0 Å². The van der Waals surface area contributed by atoms with Crippen molar-refractivity contribution in [3.8, 4) is 0 Å². The summed E-state index contributed by atoms with van der Waals surface area (Å²) >= 11 is 0. The third kappa shape index (κ3) is 2.21. The fourth-order valence-corrected chi connectivity index (χ4v) is 3.14. The predicted molar refractivity (Wildman–Crippen MR) is 72.7 cm³/mol. The Morgan fingerprint density at radius 2 is 2.16 bits per heavy atom. The van der Waals surface area contributed by atoms with Crippen LogP contribution in [0.1, 0.15) is 28.8 Å². The zero-order valence-corrected chi connectivity index (χ0v) is 11.2. The Labute approximate surface area is 113 Å². The fourth-order valence-electron chi connectivity index (χ4n) is 3.14. The van der Waals surface area contributed by atoms with Gasteiger partial charge in [0.1, 0.15) is 0 Å². The molecule has 0 amide bonds. The monoisotopic (exact) mass is 261 g/mol. The molecule has 19 heavy (non-hydrogen) atoms. The van der Waals surface area contributed by atoms with Crippen LogP contribution in [0.25, 0.3) is 0 Å². The molecule has 1 aromatic carbocycles. The molecule has 102 valence electrons. The predicted octanol–water partition coefficient (Wildman–Crippen LogP) is 2.01. The zero-order chi connectivity index (χ0) is 13.2. The maximum atomic E-state index is 11.8. The van der Waals surface area contributed by atoms with Crippen LogP contribution >= 0.6 is 0 Å². The molecule has 3 rings (SSSR count). The van der Waals surface area contributed by atoms with E-state index in [0.717, 1.165) is 50.1 Å². The Bertz CT molecular complexity index is 480. The molecule has 2 aliphatic heterocycles. The molecule has 0 N–H and O–H groups in total. The second-order valence-electron chi connectivity index (χ2n) is 5.08. The molecule has 0 spiro atoms. The van der Waals surface area contributed by atoms with Gasteiger partial charge in [0.25, 0.3) is 0 Å². The van der Waals surface area contributed by atoms with Crippen LogP contribution in [0, 0.1) is 0 Å². The van der Waals surface area contributed by atoms with Crippen molar-refractivity contribution in [1.29, 1.82) is 0 Å². The first-order valence-corrected chi connectivity index (χ1v) is 6.86. The van der Waals surface area contributed by atoms with E-state index in [1.165, 1.54) is 12.8 Å². The van der Waals surface area contributed by atoms with Crippen molar-refractivity contribution < 1.29 is 14.3 Å². The number of methoxy groups -OCH3 is 1. The van der Waals surface area contributed by atoms with Gasteiger partial charge in [0.2, 0.25) is 0 Å². The highest BCUT2D eigenvalue weighted by atomic mass is 16.5. The highest BCUT2D eigenvalue weighted by Crippen LogP contribution is 2.34. The summed E-state index contributed by atoms with van der Waals surface area (Å²) in [5.41, 5.74) is 3.06. The van der Waals surface area contributed by atoms with Crippen LogP contribution in [0.3, 0.4) is 0 Å². The minimum Gasteiger partial charge on any atom is -0.465 e. The standard InChI is InChI=1S/C15H19NO3/c1-18-15(17)13-3-2-4-14-12(13)5-8-16(14)11-6-9-19-10-7-11/h2-4,11H,5-10H2,1H3. The lowest BCUT2D eigenvalue weighted by molar-refractivity contribution is 0.0599. The molecule has 0 aliphatic carbocycles. The third-order valence-electron chi connectivity index (χ3n) is 4.10. The molecule has 2 heterocycles. The quantitative estimate of drug-likeness (QED) is 0.763. The van der Waals surface area contributed by atoms with Gasteiger partial charge in [-0.25, -0.2) is 4.79 Å². The normalized spacial score (nSPS) is 19.3. The van der Waals surface area contributed by atoms with E-state index >= 15 is 0 Å². The summed E-state index contributed by atoms with van der Waals surface area (Å²) in [7, 11) is 1.44. The number of anilines is 1. The van der Waals surface area contributed by atoms with Crippen molar-refractivity contribution in [3.63, 3.8) is 0 Å². The van der Waals surface area contributed by atoms with Crippen molar-refractivity contribution in [2.24, 2.45) is 0 Å². The number of rotatable bonds is 2. The topological polar surface area (TPSA) is 38.8 Å². The Morgan fingerprint density at radius 3 is 2.89 bits per heavy atom. The van der Waals surface area contributed by atoms with Gasteiger partial charge in [-0.2, -0.15) is 0 Å². The van der Waals surface area contributed by atoms with Crippen LogP contribution in [-0.2, 0) is 15.9 Å². The van der Waals surface area contributed by atoms with E-state index < -0.39 is 0 Å². The number of fused-ring (bicyclic) bond motifs is 1. The van der Waals surface area contributed by atoms with Crippen LogP contribution in [0.2, 0.25) is 0 Å². The van der Waals surface area contributed by atoms with Gasteiger partial charge in [0.15, 0.2) is 0 Å². The van der Waals surface area contributed by atoms with E-state index in [0.29, 0.717) is 6.04 Å². The van der Waals surface area contributed by atoms with Gasteiger partial charge in [-0.3, -0.25) is 0 Å². The molecule has 0 radical (unpaired) electrons. The van der Waals surface area contributed by atoms with Crippen molar-refractivity contribution >= 4 is 11.7 Å². The first-order valence-electron chi connectivity index (χ1n) is 6.86. The van der Waals surface area contributed by atoms with Gasteiger partial charge in [0, 0.05) is 31.5 Å². The summed E-state index contributed by atoms with van der Waals surface area (Å²) in [5, 5.41) is 0. The summed E-state index contributed by atoms with van der Waals surface area (Å²) in [6.45, 7) is 2.67. The van der Waals surface area contributed by atoms with Gasteiger partial charge in [-0.05, 0) is 37.0 Å². The number of carbonyl (C=O) groups is 1. The molecule has 4 heteroatoms. The van der Waals surface area contributed by atoms with E-state index in [4.69, 9.17) is 9.47 Å². The summed E-state index contributed by atoms with van der Waals surface area (Å²) in [6, 6.07) is 6.47. The number of hydrogen-bond donors (Lipinski definition) is 0. The van der Waals surface area contributed by atoms with Crippen LogP contribution in [-0.4, -0.2) is 38.9 Å².